The Balaban J connectivity index is 1.59. The first-order valence-corrected chi connectivity index (χ1v) is 10.7. The Labute approximate surface area is 198 Å². The molecule has 0 radical (unpaired) electrons. The molecule has 0 spiro atoms. The van der Waals surface area contributed by atoms with E-state index in [0.29, 0.717) is 5.56 Å². The first-order chi connectivity index (χ1) is 16.6. The zero-order valence-corrected chi connectivity index (χ0v) is 18.4. The van der Waals surface area contributed by atoms with Gasteiger partial charge < -0.3 is 49.6 Å². The molecule has 35 heavy (non-hydrogen) atoms. The summed E-state index contributed by atoms with van der Waals surface area (Å²) in [6.07, 6.45) is -9.65. The van der Waals surface area contributed by atoms with Crippen LogP contribution in [0.5, 0.6) is 28.7 Å². The van der Waals surface area contributed by atoms with E-state index in [0.717, 1.165) is 6.07 Å². The fourth-order valence-corrected chi connectivity index (χ4v) is 3.91. The number of ether oxygens (including phenoxy) is 4. The molecular formula is C23H24O12. The van der Waals surface area contributed by atoms with Gasteiger partial charge in [0.25, 0.3) is 0 Å². The number of hydrogen-bond acceptors (Lipinski definition) is 12. The van der Waals surface area contributed by atoms with Crippen LogP contribution in [-0.4, -0.2) is 79.7 Å². The van der Waals surface area contributed by atoms with Gasteiger partial charge in [0.05, 0.1) is 13.0 Å². The zero-order chi connectivity index (χ0) is 25.4. The van der Waals surface area contributed by atoms with E-state index in [4.69, 9.17) is 18.9 Å². The molecule has 6 atom stereocenters. The van der Waals surface area contributed by atoms with Crippen molar-refractivity contribution in [3.63, 3.8) is 0 Å². The molecule has 0 saturated carbocycles. The van der Waals surface area contributed by atoms with Crippen molar-refractivity contribution in [3.05, 3.63) is 41.5 Å². The quantitative estimate of drug-likeness (QED) is 0.247. The monoisotopic (exact) mass is 492 g/mol. The number of phenols is 3. The van der Waals surface area contributed by atoms with Gasteiger partial charge in [0.15, 0.2) is 23.4 Å². The van der Waals surface area contributed by atoms with E-state index in [1.54, 1.807) is 0 Å². The average Bonchev–Trinajstić information content (AvgIpc) is 2.80. The van der Waals surface area contributed by atoms with Gasteiger partial charge >= 0.3 is 5.97 Å². The van der Waals surface area contributed by atoms with Crippen LogP contribution in [0, 0.1) is 0 Å². The van der Waals surface area contributed by atoms with E-state index < -0.39 is 60.1 Å². The summed E-state index contributed by atoms with van der Waals surface area (Å²) in [5.41, 5.74) is 0.284. The van der Waals surface area contributed by atoms with E-state index in [-0.39, 0.29) is 35.8 Å². The van der Waals surface area contributed by atoms with E-state index in [1.165, 1.54) is 31.2 Å². The third-order valence-corrected chi connectivity index (χ3v) is 5.69. The number of aliphatic hydroxyl groups excluding tert-OH is 3. The number of ketones is 1. The predicted octanol–water partition coefficient (Wildman–Crippen LogP) is 0.259. The van der Waals surface area contributed by atoms with Crippen molar-refractivity contribution in [2.24, 2.45) is 0 Å². The van der Waals surface area contributed by atoms with Crippen molar-refractivity contribution in [1.82, 2.24) is 0 Å². The van der Waals surface area contributed by atoms with Crippen LogP contribution in [-0.2, 0) is 14.3 Å². The smallest absolute Gasteiger partial charge is 0.338 e. The number of hydrogen-bond donors (Lipinski definition) is 6. The Bertz CT molecular complexity index is 1130. The van der Waals surface area contributed by atoms with E-state index in [2.05, 4.69) is 0 Å². The number of aliphatic hydroxyl groups is 3. The van der Waals surface area contributed by atoms with Gasteiger partial charge in [-0.05, 0) is 24.6 Å². The lowest BCUT2D eigenvalue weighted by atomic mass is 9.95. The maximum Gasteiger partial charge on any atom is 0.338 e. The number of Topliss-reactive ketones (excluding diaryl/α,β-unsaturated/α-hetero) is 1. The molecule has 0 aliphatic carbocycles. The van der Waals surface area contributed by atoms with Gasteiger partial charge in [-0.15, -0.1) is 0 Å². The van der Waals surface area contributed by atoms with Gasteiger partial charge in [0, 0.05) is 12.1 Å². The van der Waals surface area contributed by atoms with E-state index in [9.17, 15) is 40.2 Å². The van der Waals surface area contributed by atoms with Crippen LogP contribution in [0.3, 0.4) is 0 Å². The van der Waals surface area contributed by atoms with Crippen LogP contribution in [0.1, 0.15) is 35.4 Å². The molecule has 1 fully saturated rings. The van der Waals surface area contributed by atoms with Crippen LogP contribution in [0.25, 0.3) is 0 Å². The molecule has 4 rings (SSSR count). The normalized spacial score (nSPS) is 28.1. The molecule has 0 aromatic heterocycles. The molecule has 1 saturated heterocycles. The highest BCUT2D eigenvalue weighted by Crippen LogP contribution is 2.43. The maximum absolute atomic E-state index is 12.7. The lowest BCUT2D eigenvalue weighted by Gasteiger charge is -2.39. The first kappa shape index (κ1) is 24.5. The second-order valence-corrected chi connectivity index (χ2v) is 8.06. The Morgan fingerprint density at radius 1 is 1.00 bits per heavy atom. The van der Waals surface area contributed by atoms with Crippen LogP contribution in [0.4, 0.5) is 0 Å². The van der Waals surface area contributed by atoms with Crippen molar-refractivity contribution in [3.8, 4) is 28.7 Å². The maximum atomic E-state index is 12.7. The highest BCUT2D eigenvalue weighted by atomic mass is 16.7. The van der Waals surface area contributed by atoms with Crippen LogP contribution < -0.4 is 9.47 Å². The number of benzene rings is 2. The molecule has 12 heteroatoms. The molecule has 12 nitrogen and oxygen atoms in total. The Morgan fingerprint density at radius 3 is 2.43 bits per heavy atom. The number of fused-ring (bicyclic) bond motifs is 1. The van der Waals surface area contributed by atoms with Crippen molar-refractivity contribution >= 4 is 11.8 Å². The number of carbonyl (C=O) groups is 2. The molecule has 6 N–H and O–H groups in total. The second-order valence-electron chi connectivity index (χ2n) is 8.06. The third-order valence-electron chi connectivity index (χ3n) is 5.69. The minimum absolute atomic E-state index is 0.0143. The fraction of sp³-hybridized carbons (Fsp3) is 0.391. The van der Waals surface area contributed by atoms with Gasteiger partial charge in [-0.1, -0.05) is 6.07 Å². The summed E-state index contributed by atoms with van der Waals surface area (Å²) in [6.45, 7) is 1.52. The molecule has 2 aliphatic rings. The highest BCUT2D eigenvalue weighted by Gasteiger charge is 2.48. The standard InChI is InChI=1S/C23H24O12/c1-2-32-22(31)21-19(29)18(28)20(30)23(35-21)33-10-6-13(26)17-14(27)8-15(34-16(17)7-10)9-3-4-11(24)12(25)5-9/h3-7,15,18-21,23-26,28-30H,2,8H2,1H3/t15-,18+,19-,20+,21-,23+/m0/s1. The van der Waals surface area contributed by atoms with Crippen molar-refractivity contribution in [2.75, 3.05) is 6.61 Å². The molecule has 2 aliphatic heterocycles. The van der Waals surface area contributed by atoms with E-state index >= 15 is 0 Å². The Morgan fingerprint density at radius 2 is 1.74 bits per heavy atom. The Kier molecular flexibility index (Phi) is 6.72. The van der Waals surface area contributed by atoms with Crippen molar-refractivity contribution in [1.29, 1.82) is 0 Å². The second kappa shape index (κ2) is 9.58. The summed E-state index contributed by atoms with van der Waals surface area (Å²) >= 11 is 0. The number of esters is 1. The zero-order valence-electron chi connectivity index (χ0n) is 18.4. The molecule has 2 aromatic rings. The molecular weight excluding hydrogens is 468 g/mol. The number of aromatic hydroxyl groups is 3. The Hall–Kier alpha value is -3.58. The van der Waals surface area contributed by atoms with Crippen molar-refractivity contribution in [2.45, 2.75) is 50.2 Å². The van der Waals surface area contributed by atoms with Crippen molar-refractivity contribution < 1.29 is 59.2 Å². The van der Waals surface area contributed by atoms with Gasteiger partial charge in [-0.25, -0.2) is 4.79 Å². The summed E-state index contributed by atoms with van der Waals surface area (Å²) in [5, 5.41) is 60.2. The minimum atomic E-state index is -1.81. The van der Waals surface area contributed by atoms with E-state index in [1.807, 2.05) is 0 Å². The third kappa shape index (κ3) is 4.68. The van der Waals surface area contributed by atoms with Gasteiger partial charge in [0.1, 0.15) is 47.2 Å². The molecule has 188 valence electrons. The highest BCUT2D eigenvalue weighted by molar-refractivity contribution is 6.02. The summed E-state index contributed by atoms with van der Waals surface area (Å²) in [7, 11) is 0. The molecule has 2 aromatic carbocycles. The van der Waals surface area contributed by atoms with Crippen LogP contribution in [0.15, 0.2) is 30.3 Å². The SMILES string of the molecule is CCOC(=O)[C@H]1O[C@@H](Oc2cc(O)c3c(c2)O[C@H](c2ccc(O)c(O)c2)CC3=O)[C@H](O)[C@H](O)[C@@H]1O. The van der Waals surface area contributed by atoms with Crippen LogP contribution >= 0.6 is 0 Å². The number of carbonyl (C=O) groups excluding carboxylic acids is 2. The van der Waals surface area contributed by atoms with Gasteiger partial charge in [-0.2, -0.15) is 0 Å². The fourth-order valence-electron chi connectivity index (χ4n) is 3.91. The number of phenolic OH excluding ortho intramolecular Hbond substituents is 3. The summed E-state index contributed by atoms with van der Waals surface area (Å²) < 4.78 is 21.5. The largest absolute Gasteiger partial charge is 0.507 e. The topological polar surface area (TPSA) is 192 Å². The lowest BCUT2D eigenvalue weighted by molar-refractivity contribution is -0.272. The number of rotatable bonds is 5. The summed E-state index contributed by atoms with van der Waals surface area (Å²) in [4.78, 5) is 24.8. The van der Waals surface area contributed by atoms with Crippen LogP contribution in [0.2, 0.25) is 0 Å². The first-order valence-electron chi connectivity index (χ1n) is 10.7. The predicted molar refractivity (Wildman–Crippen MR) is 114 cm³/mol. The minimum Gasteiger partial charge on any atom is -0.507 e. The summed E-state index contributed by atoms with van der Waals surface area (Å²) in [5.74, 6) is -2.86. The molecule has 0 bridgehead atoms. The molecule has 0 unspecified atom stereocenters. The molecule has 2 heterocycles. The average molecular weight is 492 g/mol. The van der Waals surface area contributed by atoms with Gasteiger partial charge in [-0.3, -0.25) is 4.79 Å². The summed E-state index contributed by atoms with van der Waals surface area (Å²) in [6, 6.07) is 6.26. The lowest BCUT2D eigenvalue weighted by Crippen LogP contribution is -2.61. The molecule has 0 amide bonds. The van der Waals surface area contributed by atoms with Gasteiger partial charge in [0.2, 0.25) is 6.29 Å².